The van der Waals surface area contributed by atoms with Gasteiger partial charge in [0.25, 0.3) is 0 Å². The second kappa shape index (κ2) is 3.87. The van der Waals surface area contributed by atoms with Gasteiger partial charge in [0.2, 0.25) is 0 Å². The smallest absolute Gasteiger partial charge is 0.307 e. The number of nitrogens with one attached hydrogen (secondary N) is 1. The molecule has 1 aliphatic rings. The molecule has 78 valence electrons. The van der Waals surface area contributed by atoms with Gasteiger partial charge in [-0.1, -0.05) is 11.3 Å². The van der Waals surface area contributed by atoms with Crippen molar-refractivity contribution in [3.63, 3.8) is 0 Å². The van der Waals surface area contributed by atoms with Crippen molar-refractivity contribution >= 4 is 11.3 Å². The summed E-state index contributed by atoms with van der Waals surface area (Å²) in [5.74, 6) is 0. The van der Waals surface area contributed by atoms with Gasteiger partial charge in [0.1, 0.15) is 0 Å². The first-order chi connectivity index (χ1) is 6.68. The van der Waals surface area contributed by atoms with E-state index in [0.29, 0.717) is 6.04 Å². The van der Waals surface area contributed by atoms with E-state index < -0.39 is 0 Å². The molecule has 1 aromatic heterocycles. The molecule has 1 atom stereocenters. The molecular formula is C10H16N2OS. The Morgan fingerprint density at radius 3 is 2.86 bits per heavy atom. The number of hydrogen-bond donors (Lipinski definition) is 1. The highest BCUT2D eigenvalue weighted by molar-refractivity contribution is 7.09. The average Bonchev–Trinajstić information content (AvgIpc) is 2.71. The fraction of sp³-hybridized carbons (Fsp3) is 0.700. The molecule has 4 heteroatoms. The fourth-order valence-electron chi connectivity index (χ4n) is 1.93. The monoisotopic (exact) mass is 212 g/mol. The lowest BCUT2D eigenvalue weighted by Gasteiger charge is -2.11. The summed E-state index contributed by atoms with van der Waals surface area (Å²) in [5, 5.41) is 3.41. The zero-order chi connectivity index (χ0) is 10.1. The molecule has 1 aromatic rings. The molecule has 1 saturated heterocycles. The Morgan fingerprint density at radius 1 is 1.57 bits per heavy atom. The van der Waals surface area contributed by atoms with E-state index >= 15 is 0 Å². The SMILES string of the molecule is Cc1sc(=O)n(C[C@@H]2CCCN2)c1C. The van der Waals surface area contributed by atoms with Gasteiger partial charge in [-0.15, -0.1) is 0 Å². The maximum absolute atomic E-state index is 11.6. The minimum atomic E-state index is 0.189. The molecule has 0 radical (unpaired) electrons. The lowest BCUT2D eigenvalue weighted by molar-refractivity contribution is 0.498. The molecule has 14 heavy (non-hydrogen) atoms. The van der Waals surface area contributed by atoms with Crippen LogP contribution in [0.25, 0.3) is 0 Å². The first-order valence-corrected chi connectivity index (χ1v) is 5.90. The van der Waals surface area contributed by atoms with Crippen LogP contribution >= 0.6 is 11.3 Å². The number of rotatable bonds is 2. The summed E-state index contributed by atoms with van der Waals surface area (Å²) in [7, 11) is 0. The highest BCUT2D eigenvalue weighted by atomic mass is 32.1. The van der Waals surface area contributed by atoms with Gasteiger partial charge in [0.05, 0.1) is 0 Å². The van der Waals surface area contributed by atoms with Gasteiger partial charge in [-0.05, 0) is 33.2 Å². The van der Waals surface area contributed by atoms with Crippen LogP contribution in [0.4, 0.5) is 0 Å². The van der Waals surface area contributed by atoms with E-state index in [-0.39, 0.29) is 4.87 Å². The molecule has 0 aromatic carbocycles. The van der Waals surface area contributed by atoms with Crippen molar-refractivity contribution in [3.8, 4) is 0 Å². The van der Waals surface area contributed by atoms with E-state index in [4.69, 9.17) is 0 Å². The van der Waals surface area contributed by atoms with E-state index in [1.54, 1.807) is 0 Å². The van der Waals surface area contributed by atoms with E-state index in [9.17, 15) is 4.79 Å². The lowest BCUT2D eigenvalue weighted by atomic mass is 10.2. The largest absolute Gasteiger partial charge is 0.312 e. The van der Waals surface area contributed by atoms with E-state index in [1.165, 1.54) is 24.2 Å². The van der Waals surface area contributed by atoms with Crippen LogP contribution in [0.5, 0.6) is 0 Å². The van der Waals surface area contributed by atoms with Gasteiger partial charge in [0.15, 0.2) is 0 Å². The van der Waals surface area contributed by atoms with Gasteiger partial charge in [-0.3, -0.25) is 4.79 Å². The van der Waals surface area contributed by atoms with Crippen molar-refractivity contribution in [3.05, 3.63) is 20.2 Å². The van der Waals surface area contributed by atoms with Gasteiger partial charge in [0, 0.05) is 23.2 Å². The maximum Gasteiger partial charge on any atom is 0.307 e. The first-order valence-electron chi connectivity index (χ1n) is 5.08. The Kier molecular flexibility index (Phi) is 2.74. The van der Waals surface area contributed by atoms with Crippen LogP contribution in [0.3, 0.4) is 0 Å². The summed E-state index contributed by atoms with van der Waals surface area (Å²) >= 11 is 1.36. The predicted molar refractivity (Wildman–Crippen MR) is 59.1 cm³/mol. The molecule has 1 N–H and O–H groups in total. The van der Waals surface area contributed by atoms with E-state index in [0.717, 1.165) is 23.7 Å². The minimum Gasteiger partial charge on any atom is -0.312 e. The molecule has 0 saturated carbocycles. The summed E-state index contributed by atoms with van der Waals surface area (Å²) in [6, 6.07) is 0.500. The summed E-state index contributed by atoms with van der Waals surface area (Å²) in [5.41, 5.74) is 1.13. The van der Waals surface area contributed by atoms with Gasteiger partial charge in [-0.25, -0.2) is 0 Å². The minimum absolute atomic E-state index is 0.189. The number of aryl methyl sites for hydroxylation is 1. The van der Waals surface area contributed by atoms with Crippen molar-refractivity contribution in [2.75, 3.05) is 6.54 Å². The Balaban J connectivity index is 2.19. The van der Waals surface area contributed by atoms with Crippen molar-refractivity contribution in [2.24, 2.45) is 0 Å². The number of hydrogen-bond acceptors (Lipinski definition) is 3. The van der Waals surface area contributed by atoms with Gasteiger partial charge >= 0.3 is 4.87 Å². The summed E-state index contributed by atoms with van der Waals surface area (Å²) in [6.07, 6.45) is 2.43. The first kappa shape index (κ1) is 9.93. The Bertz CT molecular complexity index is 374. The van der Waals surface area contributed by atoms with Crippen LogP contribution in [-0.2, 0) is 6.54 Å². The zero-order valence-corrected chi connectivity index (χ0v) is 9.49. The molecule has 0 bridgehead atoms. The molecule has 0 amide bonds. The molecule has 2 heterocycles. The maximum atomic E-state index is 11.6. The topological polar surface area (TPSA) is 34.0 Å². The van der Waals surface area contributed by atoms with Crippen molar-refractivity contribution in [2.45, 2.75) is 39.3 Å². The van der Waals surface area contributed by atoms with Crippen LogP contribution < -0.4 is 10.2 Å². The normalized spacial score (nSPS) is 21.7. The predicted octanol–water partition coefficient (Wildman–Crippen LogP) is 1.28. The second-order valence-electron chi connectivity index (χ2n) is 3.91. The average molecular weight is 212 g/mol. The zero-order valence-electron chi connectivity index (χ0n) is 8.67. The quantitative estimate of drug-likeness (QED) is 0.801. The van der Waals surface area contributed by atoms with Crippen LogP contribution in [-0.4, -0.2) is 17.2 Å². The standard InChI is InChI=1S/C10H16N2OS/c1-7-8(2)14-10(13)12(7)6-9-4-3-5-11-9/h9,11H,3-6H2,1-2H3/t9-/m0/s1. The van der Waals surface area contributed by atoms with Gasteiger partial charge < -0.3 is 9.88 Å². The third-order valence-electron chi connectivity index (χ3n) is 2.94. The van der Waals surface area contributed by atoms with Crippen molar-refractivity contribution < 1.29 is 0 Å². The Labute approximate surface area is 87.8 Å². The van der Waals surface area contributed by atoms with Crippen molar-refractivity contribution in [1.82, 2.24) is 9.88 Å². The number of thiazole rings is 1. The number of aromatic nitrogens is 1. The van der Waals surface area contributed by atoms with Crippen LogP contribution in [0.15, 0.2) is 4.79 Å². The summed E-state index contributed by atoms with van der Waals surface area (Å²) in [6.45, 7) is 5.98. The number of nitrogens with zero attached hydrogens (tertiary/aromatic N) is 1. The van der Waals surface area contributed by atoms with Crippen LogP contribution in [0, 0.1) is 13.8 Å². The van der Waals surface area contributed by atoms with E-state index in [2.05, 4.69) is 5.32 Å². The molecule has 0 spiro atoms. The molecule has 3 nitrogen and oxygen atoms in total. The Morgan fingerprint density at radius 2 is 2.36 bits per heavy atom. The van der Waals surface area contributed by atoms with Gasteiger partial charge in [-0.2, -0.15) is 0 Å². The van der Waals surface area contributed by atoms with Crippen LogP contribution in [0.2, 0.25) is 0 Å². The summed E-state index contributed by atoms with van der Waals surface area (Å²) in [4.78, 5) is 12.9. The third kappa shape index (κ3) is 1.77. The lowest BCUT2D eigenvalue weighted by Crippen LogP contribution is -2.30. The Hall–Kier alpha value is -0.610. The van der Waals surface area contributed by atoms with Crippen molar-refractivity contribution in [1.29, 1.82) is 0 Å². The molecule has 0 unspecified atom stereocenters. The highest BCUT2D eigenvalue weighted by Gasteiger charge is 2.17. The van der Waals surface area contributed by atoms with Crippen LogP contribution in [0.1, 0.15) is 23.4 Å². The molecule has 0 aliphatic carbocycles. The third-order valence-corrected chi connectivity index (χ3v) is 3.94. The second-order valence-corrected chi connectivity index (χ2v) is 5.08. The van der Waals surface area contributed by atoms with E-state index in [1.807, 2.05) is 18.4 Å². The molecule has 1 fully saturated rings. The summed E-state index contributed by atoms with van der Waals surface area (Å²) < 4.78 is 1.91. The molecule has 1 aliphatic heterocycles. The molecule has 2 rings (SSSR count). The molecular weight excluding hydrogens is 196 g/mol. The fourth-order valence-corrected chi connectivity index (χ4v) is 2.77. The highest BCUT2D eigenvalue weighted by Crippen LogP contribution is 2.12.